The zero-order valence-electron chi connectivity index (χ0n) is 10.9. The summed E-state index contributed by atoms with van der Waals surface area (Å²) in [4.78, 5) is 37.2. The van der Waals surface area contributed by atoms with Crippen molar-refractivity contribution in [2.75, 3.05) is 5.32 Å². The minimum absolute atomic E-state index is 0.00964. The van der Waals surface area contributed by atoms with Crippen LogP contribution in [0.1, 0.15) is 0 Å². The Hall–Kier alpha value is -1.31. The minimum atomic E-state index is -4.63. The molecule has 0 aliphatic heterocycles. The molecule has 0 spiro atoms. The van der Waals surface area contributed by atoms with Crippen LogP contribution in [0.15, 0.2) is 30.3 Å². The highest BCUT2D eigenvalue weighted by molar-refractivity contribution is 7.80. The van der Waals surface area contributed by atoms with E-state index in [4.69, 9.17) is 18.0 Å². The van der Waals surface area contributed by atoms with Gasteiger partial charge < -0.3 is 30.6 Å². The van der Waals surface area contributed by atoms with Crippen molar-refractivity contribution >= 4 is 59.6 Å². The van der Waals surface area contributed by atoms with Crippen molar-refractivity contribution in [2.45, 2.75) is 0 Å². The van der Waals surface area contributed by atoms with E-state index in [0.717, 1.165) is 12.1 Å². The molecule has 7 N–H and O–H groups in total. The van der Waals surface area contributed by atoms with Gasteiger partial charge in [-0.25, -0.2) is 0 Å². The summed E-state index contributed by atoms with van der Waals surface area (Å²) in [6, 6.07) is 6.11. The lowest BCUT2D eigenvalue weighted by Gasteiger charge is -2.14. The monoisotopic (exact) mass is 362 g/mol. The summed E-state index contributed by atoms with van der Waals surface area (Å²) in [6.45, 7) is 0. The molecule has 118 valence electrons. The van der Waals surface area contributed by atoms with Gasteiger partial charge in [-0.05, 0) is 36.5 Å². The van der Waals surface area contributed by atoms with Crippen molar-refractivity contribution in [3.8, 4) is 0 Å². The highest BCUT2D eigenvalue weighted by atomic mass is 32.1. The second-order valence-corrected chi connectivity index (χ2v) is 8.05. The topological polar surface area (TPSA) is 153 Å². The Morgan fingerprint density at radius 3 is 2.14 bits per heavy atom. The van der Waals surface area contributed by atoms with E-state index in [1.807, 2.05) is 0 Å². The Morgan fingerprint density at radius 2 is 1.64 bits per heavy atom. The maximum atomic E-state index is 11.6. The molecule has 0 atom stereocenters. The van der Waals surface area contributed by atoms with Gasteiger partial charge in [0.2, 0.25) is 0 Å². The van der Waals surface area contributed by atoms with E-state index in [1.165, 1.54) is 18.2 Å². The highest BCUT2D eigenvalue weighted by Crippen LogP contribution is 2.40. The molecule has 0 saturated carbocycles. The summed E-state index contributed by atoms with van der Waals surface area (Å²) < 4.78 is 22.9. The van der Waals surface area contributed by atoms with Gasteiger partial charge in [-0.2, -0.15) is 0 Å². The predicted octanol–water partition coefficient (Wildman–Crippen LogP) is 0.101. The van der Waals surface area contributed by atoms with Crippen LogP contribution in [0, 0.1) is 0 Å². The molecule has 0 saturated heterocycles. The standard InChI is InChI=1S/C11H12N2O6P2S/c12-11(22)13-9-3-4-10(21(17,18)19)8-5-6(20(14,15)16)1-2-7(8)9/h1-5H,(H3,12,13,22)(H2,14,15,16)(H2,17,18,19). The number of hydrogen-bond acceptors (Lipinski definition) is 3. The van der Waals surface area contributed by atoms with Crippen molar-refractivity contribution in [3.05, 3.63) is 30.3 Å². The van der Waals surface area contributed by atoms with Crippen LogP contribution < -0.4 is 21.7 Å². The molecular formula is C11H12N2O6P2S. The molecule has 0 radical (unpaired) electrons. The first-order valence-corrected chi connectivity index (χ1v) is 9.39. The Kier molecular flexibility index (Phi) is 4.43. The molecule has 22 heavy (non-hydrogen) atoms. The number of nitrogens with two attached hydrogens (primary N) is 1. The smallest absolute Gasteiger partial charge is 0.356 e. The number of thiocarbonyl (C=S) groups is 1. The lowest BCUT2D eigenvalue weighted by atomic mass is 10.1. The molecule has 0 amide bonds. The van der Waals surface area contributed by atoms with E-state index in [9.17, 15) is 28.7 Å². The van der Waals surface area contributed by atoms with Crippen LogP contribution in [0.3, 0.4) is 0 Å². The Labute approximate surface area is 130 Å². The maximum absolute atomic E-state index is 11.6. The third kappa shape index (κ3) is 3.53. The number of hydrogen-bond donors (Lipinski definition) is 6. The lowest BCUT2D eigenvalue weighted by molar-refractivity contribution is 0.385. The molecule has 8 nitrogen and oxygen atoms in total. The number of nitrogens with one attached hydrogen (secondary N) is 1. The molecule has 0 bridgehead atoms. The van der Waals surface area contributed by atoms with Gasteiger partial charge in [0.25, 0.3) is 0 Å². The quantitative estimate of drug-likeness (QED) is 0.330. The fourth-order valence-electron chi connectivity index (χ4n) is 2.00. The molecule has 0 heterocycles. The van der Waals surface area contributed by atoms with Crippen LogP contribution in [0.2, 0.25) is 0 Å². The van der Waals surface area contributed by atoms with Crippen LogP contribution >= 0.6 is 27.4 Å². The summed E-state index contributed by atoms with van der Waals surface area (Å²) >= 11 is 4.72. The highest BCUT2D eigenvalue weighted by Gasteiger charge is 2.24. The van der Waals surface area contributed by atoms with Gasteiger partial charge in [0, 0.05) is 16.5 Å². The summed E-state index contributed by atoms with van der Waals surface area (Å²) in [5.41, 5.74) is 5.75. The Morgan fingerprint density at radius 1 is 1.00 bits per heavy atom. The number of rotatable bonds is 3. The molecule has 11 heteroatoms. The Balaban J connectivity index is 2.85. The van der Waals surface area contributed by atoms with Crippen molar-refractivity contribution in [1.82, 2.24) is 0 Å². The van der Waals surface area contributed by atoms with Gasteiger partial charge in [-0.3, -0.25) is 9.13 Å². The average molecular weight is 362 g/mol. The van der Waals surface area contributed by atoms with E-state index >= 15 is 0 Å². The van der Waals surface area contributed by atoms with Crippen molar-refractivity contribution < 1.29 is 28.7 Å². The summed E-state index contributed by atoms with van der Waals surface area (Å²) in [7, 11) is -9.20. The third-order valence-corrected chi connectivity index (χ3v) is 4.96. The summed E-state index contributed by atoms with van der Waals surface area (Å²) in [6.07, 6.45) is 0. The zero-order valence-corrected chi connectivity index (χ0v) is 13.5. The van der Waals surface area contributed by atoms with Gasteiger partial charge in [0.15, 0.2) is 5.11 Å². The van der Waals surface area contributed by atoms with Crippen LogP contribution in [-0.2, 0) is 9.13 Å². The van der Waals surface area contributed by atoms with Gasteiger partial charge in [-0.1, -0.05) is 6.07 Å². The van der Waals surface area contributed by atoms with E-state index in [1.54, 1.807) is 0 Å². The van der Waals surface area contributed by atoms with Crippen LogP contribution in [0.25, 0.3) is 10.8 Å². The van der Waals surface area contributed by atoms with Crippen LogP contribution in [0.5, 0.6) is 0 Å². The first kappa shape index (κ1) is 17.1. The number of fused-ring (bicyclic) bond motifs is 1. The van der Waals surface area contributed by atoms with Crippen molar-refractivity contribution in [2.24, 2.45) is 5.73 Å². The first-order valence-electron chi connectivity index (χ1n) is 5.75. The lowest BCUT2D eigenvalue weighted by Crippen LogP contribution is -2.20. The van der Waals surface area contributed by atoms with Gasteiger partial charge in [0.1, 0.15) is 0 Å². The van der Waals surface area contributed by atoms with Crippen molar-refractivity contribution in [3.63, 3.8) is 0 Å². The van der Waals surface area contributed by atoms with Gasteiger partial charge >= 0.3 is 15.2 Å². The summed E-state index contributed by atoms with van der Waals surface area (Å²) in [5.74, 6) is 0. The molecular weight excluding hydrogens is 350 g/mol. The second kappa shape index (κ2) is 5.72. The number of benzene rings is 2. The number of anilines is 1. The normalized spacial score (nSPS) is 12.4. The SMILES string of the molecule is NC(=S)Nc1ccc(P(=O)(O)O)c2cc(P(=O)(O)O)ccc12. The summed E-state index contributed by atoms with van der Waals surface area (Å²) in [5, 5.41) is 2.24. The molecule has 2 rings (SSSR count). The molecule has 2 aromatic carbocycles. The van der Waals surface area contributed by atoms with E-state index in [2.05, 4.69) is 5.32 Å². The predicted molar refractivity (Wildman–Crippen MR) is 87.7 cm³/mol. The molecule has 2 aromatic rings. The minimum Gasteiger partial charge on any atom is -0.376 e. The first-order chi connectivity index (χ1) is 10.00. The molecule has 0 fully saturated rings. The van der Waals surface area contributed by atoms with E-state index < -0.39 is 15.2 Å². The van der Waals surface area contributed by atoms with Crippen LogP contribution in [0.4, 0.5) is 5.69 Å². The zero-order chi connectivity index (χ0) is 16.7. The molecule has 0 aliphatic rings. The molecule has 0 aliphatic carbocycles. The fourth-order valence-corrected chi connectivity index (χ4v) is 3.44. The Bertz CT molecular complexity index is 859. The van der Waals surface area contributed by atoms with Gasteiger partial charge in [-0.15, -0.1) is 0 Å². The van der Waals surface area contributed by atoms with Crippen LogP contribution in [-0.4, -0.2) is 24.7 Å². The largest absolute Gasteiger partial charge is 0.376 e. The van der Waals surface area contributed by atoms with E-state index in [-0.39, 0.29) is 21.1 Å². The fraction of sp³-hybridized carbons (Fsp3) is 0. The average Bonchev–Trinajstić information content (AvgIpc) is 2.35. The van der Waals surface area contributed by atoms with Crippen molar-refractivity contribution in [1.29, 1.82) is 0 Å². The maximum Gasteiger partial charge on any atom is 0.356 e. The third-order valence-electron chi connectivity index (χ3n) is 2.89. The molecule has 0 unspecified atom stereocenters. The van der Waals surface area contributed by atoms with E-state index in [0.29, 0.717) is 11.1 Å². The second-order valence-electron chi connectivity index (χ2n) is 4.44. The van der Waals surface area contributed by atoms with Gasteiger partial charge in [0.05, 0.1) is 10.6 Å². The molecule has 0 aromatic heterocycles.